The minimum atomic E-state index is -0.840. The van der Waals surface area contributed by atoms with Crippen molar-refractivity contribution in [2.24, 2.45) is 0 Å². The number of piperidine rings is 1. The van der Waals surface area contributed by atoms with Gasteiger partial charge in [-0.05, 0) is 32.6 Å². The van der Waals surface area contributed by atoms with E-state index in [9.17, 15) is 24.4 Å². The summed E-state index contributed by atoms with van der Waals surface area (Å²) in [4.78, 5) is 24.8. The quantitative estimate of drug-likeness (QED) is 0.423. The normalized spacial score (nSPS) is 23.6. The van der Waals surface area contributed by atoms with Gasteiger partial charge in [-0.1, -0.05) is 12.8 Å². The van der Waals surface area contributed by atoms with Crippen LogP contribution < -0.4 is 5.32 Å². The first-order valence-corrected chi connectivity index (χ1v) is 10.2. The van der Waals surface area contributed by atoms with Gasteiger partial charge in [0, 0.05) is 31.2 Å². The van der Waals surface area contributed by atoms with Crippen molar-refractivity contribution in [2.45, 2.75) is 63.6 Å². The summed E-state index contributed by atoms with van der Waals surface area (Å²) in [5, 5.41) is 24.4. The second-order valence-corrected chi connectivity index (χ2v) is 7.70. The van der Waals surface area contributed by atoms with Crippen LogP contribution in [0.1, 0.15) is 55.8 Å². The van der Waals surface area contributed by atoms with Gasteiger partial charge in [-0.3, -0.25) is 15.0 Å². The Bertz CT molecular complexity index is 752. The molecule has 2 fully saturated rings. The third-order valence-corrected chi connectivity index (χ3v) is 5.82. The molecule has 8 nitrogen and oxygen atoms in total. The topological polar surface area (TPSA) is 105 Å². The van der Waals surface area contributed by atoms with Crippen LogP contribution in [0.3, 0.4) is 0 Å². The number of ether oxygens (including phenoxy) is 1. The van der Waals surface area contributed by atoms with E-state index in [1.54, 1.807) is 6.92 Å². The van der Waals surface area contributed by atoms with Crippen molar-refractivity contribution in [3.05, 3.63) is 33.6 Å². The number of anilines is 1. The van der Waals surface area contributed by atoms with Gasteiger partial charge >= 0.3 is 5.97 Å². The number of hydrogen-bond donors (Lipinski definition) is 2. The van der Waals surface area contributed by atoms with Crippen LogP contribution in [0.25, 0.3) is 0 Å². The van der Waals surface area contributed by atoms with Crippen molar-refractivity contribution in [1.29, 1.82) is 0 Å². The lowest BCUT2D eigenvalue weighted by molar-refractivity contribution is -0.385. The number of non-ortho nitro benzene ring substituents is 1. The van der Waals surface area contributed by atoms with Gasteiger partial charge in [-0.15, -0.1) is 0 Å². The summed E-state index contributed by atoms with van der Waals surface area (Å²) in [7, 11) is 0. The molecule has 1 aliphatic heterocycles. The zero-order valence-corrected chi connectivity index (χ0v) is 16.6. The molecule has 1 aromatic carbocycles. The molecule has 0 aromatic heterocycles. The number of hydrogen-bond acceptors (Lipinski definition) is 7. The SMILES string of the molecule is CCOC(=O)c1cc([N+](=O)[O-])cc(F)c1NC1CCN(C2CCCCC2O)CC1. The number of halogens is 1. The van der Waals surface area contributed by atoms with Crippen molar-refractivity contribution in [2.75, 3.05) is 25.0 Å². The maximum atomic E-state index is 14.6. The van der Waals surface area contributed by atoms with E-state index in [2.05, 4.69) is 10.2 Å². The van der Waals surface area contributed by atoms with Crippen LogP contribution in [0.4, 0.5) is 15.8 Å². The van der Waals surface area contributed by atoms with E-state index in [1.165, 1.54) is 0 Å². The number of esters is 1. The number of likely N-dealkylation sites (tertiary alicyclic amines) is 1. The van der Waals surface area contributed by atoms with E-state index < -0.39 is 22.4 Å². The largest absolute Gasteiger partial charge is 0.462 e. The van der Waals surface area contributed by atoms with Crippen LogP contribution in [0, 0.1) is 15.9 Å². The number of aliphatic hydroxyl groups is 1. The number of rotatable bonds is 6. The van der Waals surface area contributed by atoms with Crippen molar-refractivity contribution in [3.63, 3.8) is 0 Å². The Kier molecular flexibility index (Phi) is 7.02. The Morgan fingerprint density at radius 3 is 2.62 bits per heavy atom. The molecule has 1 saturated carbocycles. The molecule has 0 bridgehead atoms. The Labute approximate surface area is 169 Å². The van der Waals surface area contributed by atoms with E-state index >= 15 is 0 Å². The van der Waals surface area contributed by atoms with Crippen LogP contribution in [-0.2, 0) is 4.74 Å². The lowest BCUT2D eigenvalue weighted by Crippen LogP contribution is -2.50. The van der Waals surface area contributed by atoms with Crippen molar-refractivity contribution in [1.82, 2.24) is 4.90 Å². The molecule has 1 heterocycles. The summed E-state index contributed by atoms with van der Waals surface area (Å²) < 4.78 is 19.6. The summed E-state index contributed by atoms with van der Waals surface area (Å²) in [6.45, 7) is 3.24. The molecular formula is C20H28FN3O5. The van der Waals surface area contributed by atoms with Gasteiger partial charge in [0.25, 0.3) is 5.69 Å². The summed E-state index contributed by atoms with van der Waals surface area (Å²) >= 11 is 0. The first-order chi connectivity index (χ1) is 13.9. The fourth-order valence-electron chi connectivity index (χ4n) is 4.31. The molecule has 29 heavy (non-hydrogen) atoms. The molecule has 0 radical (unpaired) electrons. The standard InChI is InChI=1S/C20H28FN3O5/c1-2-29-20(26)15-11-14(24(27)28)12-16(21)19(15)22-13-7-9-23(10-8-13)17-5-3-4-6-18(17)25/h11-13,17-18,22,25H,2-10H2,1H3. The molecule has 0 spiro atoms. The molecular weight excluding hydrogens is 381 g/mol. The summed E-state index contributed by atoms with van der Waals surface area (Å²) in [6, 6.07) is 1.97. The Balaban J connectivity index is 1.71. The number of benzene rings is 1. The summed E-state index contributed by atoms with van der Waals surface area (Å²) in [5.41, 5.74) is -0.703. The Hall–Kier alpha value is -2.26. The number of nitro groups is 1. The predicted molar refractivity (Wildman–Crippen MR) is 105 cm³/mol. The molecule has 3 rings (SSSR count). The smallest absolute Gasteiger partial charge is 0.340 e. The van der Waals surface area contributed by atoms with Gasteiger partial charge in [-0.25, -0.2) is 9.18 Å². The average molecular weight is 409 g/mol. The van der Waals surface area contributed by atoms with Gasteiger partial charge in [0.1, 0.15) is 0 Å². The van der Waals surface area contributed by atoms with E-state index in [-0.39, 0.29) is 36.0 Å². The van der Waals surface area contributed by atoms with Crippen LogP contribution >= 0.6 is 0 Å². The maximum Gasteiger partial charge on any atom is 0.340 e. The molecule has 2 aliphatic rings. The van der Waals surface area contributed by atoms with Crippen LogP contribution in [0.5, 0.6) is 0 Å². The molecule has 0 amide bonds. The summed E-state index contributed by atoms with van der Waals surface area (Å²) in [5.74, 6) is -1.63. The highest BCUT2D eigenvalue weighted by atomic mass is 19.1. The van der Waals surface area contributed by atoms with Crippen molar-refractivity contribution >= 4 is 17.3 Å². The summed E-state index contributed by atoms with van der Waals surface area (Å²) in [6.07, 6.45) is 5.16. The Morgan fingerprint density at radius 2 is 2.00 bits per heavy atom. The van der Waals surface area contributed by atoms with Crippen LogP contribution in [-0.4, -0.2) is 58.8 Å². The fourth-order valence-corrected chi connectivity index (χ4v) is 4.31. The number of nitrogens with one attached hydrogen (secondary N) is 1. The minimum Gasteiger partial charge on any atom is -0.462 e. The third-order valence-electron chi connectivity index (χ3n) is 5.82. The highest BCUT2D eigenvalue weighted by molar-refractivity contribution is 5.96. The van der Waals surface area contributed by atoms with E-state index in [0.717, 1.165) is 63.7 Å². The third kappa shape index (κ3) is 5.02. The molecule has 1 saturated heterocycles. The Morgan fingerprint density at radius 1 is 1.31 bits per heavy atom. The number of carbonyl (C=O) groups excluding carboxylic acids is 1. The lowest BCUT2D eigenvalue weighted by Gasteiger charge is -2.41. The first-order valence-electron chi connectivity index (χ1n) is 10.2. The zero-order valence-electron chi connectivity index (χ0n) is 16.6. The predicted octanol–water partition coefficient (Wildman–Crippen LogP) is 3.09. The average Bonchev–Trinajstić information content (AvgIpc) is 2.70. The first kappa shape index (κ1) is 21.4. The van der Waals surface area contributed by atoms with Gasteiger partial charge in [0.15, 0.2) is 5.82 Å². The lowest BCUT2D eigenvalue weighted by atomic mass is 9.89. The number of nitro benzene ring substituents is 1. The fraction of sp³-hybridized carbons (Fsp3) is 0.650. The molecule has 2 N–H and O–H groups in total. The van der Waals surface area contributed by atoms with Gasteiger partial charge in [0.2, 0.25) is 0 Å². The molecule has 2 atom stereocenters. The zero-order chi connectivity index (χ0) is 21.0. The second-order valence-electron chi connectivity index (χ2n) is 7.70. The van der Waals surface area contributed by atoms with Gasteiger partial charge in [0.05, 0.1) is 35.0 Å². The van der Waals surface area contributed by atoms with E-state index in [1.807, 2.05) is 0 Å². The second kappa shape index (κ2) is 9.49. The van der Waals surface area contributed by atoms with Gasteiger partial charge < -0.3 is 15.2 Å². The highest BCUT2D eigenvalue weighted by Gasteiger charge is 2.32. The maximum absolute atomic E-state index is 14.6. The number of nitrogens with zero attached hydrogens (tertiary/aromatic N) is 2. The van der Waals surface area contributed by atoms with Crippen LogP contribution in [0.2, 0.25) is 0 Å². The highest BCUT2D eigenvalue weighted by Crippen LogP contribution is 2.30. The van der Waals surface area contributed by atoms with E-state index in [0.29, 0.717) is 0 Å². The molecule has 1 aliphatic carbocycles. The van der Waals surface area contributed by atoms with Gasteiger partial charge in [-0.2, -0.15) is 0 Å². The minimum absolute atomic E-state index is 0.0507. The van der Waals surface area contributed by atoms with E-state index in [4.69, 9.17) is 4.74 Å². The number of carbonyl (C=O) groups is 1. The molecule has 2 unspecified atom stereocenters. The molecule has 9 heteroatoms. The van der Waals surface area contributed by atoms with Crippen molar-refractivity contribution in [3.8, 4) is 0 Å². The molecule has 1 aromatic rings. The van der Waals surface area contributed by atoms with Crippen molar-refractivity contribution < 1.29 is 24.0 Å². The monoisotopic (exact) mass is 409 g/mol. The molecule has 160 valence electrons. The van der Waals surface area contributed by atoms with Crippen LogP contribution in [0.15, 0.2) is 12.1 Å². The number of aliphatic hydroxyl groups excluding tert-OH is 1.